The van der Waals surface area contributed by atoms with Crippen molar-refractivity contribution in [3.63, 3.8) is 0 Å². The van der Waals surface area contributed by atoms with E-state index in [1.54, 1.807) is 0 Å². The Bertz CT molecular complexity index is 4280. The van der Waals surface area contributed by atoms with Gasteiger partial charge in [-0.1, -0.05) is 224 Å². The second kappa shape index (κ2) is 17.5. The maximum atomic E-state index is 2.82. The minimum Gasteiger partial charge on any atom is -0.334 e. The van der Waals surface area contributed by atoms with Crippen molar-refractivity contribution in [3.05, 3.63) is 232 Å². The van der Waals surface area contributed by atoms with Gasteiger partial charge in [0, 0.05) is 61.3 Å². The lowest BCUT2D eigenvalue weighted by atomic mass is 9.33. The molecule has 1 fully saturated rings. The molecule has 420 valence electrons. The van der Waals surface area contributed by atoms with Gasteiger partial charge in [-0.15, -0.1) is 0 Å². The smallest absolute Gasteiger partial charge is 0.252 e. The standard InChI is InChI=1S/C80H82BN3/c1-49-42-70-73-71(43-49)83(67-33-25-29-55-54-28-19-20-30-57(54)78(12,13)72(55)67)68-46-53(84-66-39-35-52(75(5,6)7)45-62(66)79(14)40-23-24-41-80(79,84)15)36-37-63(68)81(73)64-47-60-61(77(10,11)59-32-22-21-31-58(59)76(60,8)9)48-69(64)82(70)65-38-34-51(74(2,3)4)44-56(65)50-26-17-16-18-27-50/h16-22,25-39,42-48H,23-24,40-41H2,1-15H3. The highest BCUT2D eigenvalue weighted by Gasteiger charge is 2.58. The highest BCUT2D eigenvalue weighted by atomic mass is 15.3. The molecule has 4 heteroatoms. The molecule has 3 aliphatic carbocycles. The summed E-state index contributed by atoms with van der Waals surface area (Å²) in [6.45, 7) is 36.4. The fourth-order valence-corrected chi connectivity index (χ4v) is 17.4. The van der Waals surface area contributed by atoms with Gasteiger partial charge in [-0.2, -0.15) is 0 Å². The molecular weight excluding hydrogens is 1010 g/mol. The first-order valence-corrected chi connectivity index (χ1v) is 31.4. The molecule has 0 saturated heterocycles. The molecule has 0 radical (unpaired) electrons. The minimum atomic E-state index is -0.261. The first kappa shape index (κ1) is 53.2. The summed E-state index contributed by atoms with van der Waals surface area (Å²) >= 11 is 0. The van der Waals surface area contributed by atoms with Crippen molar-refractivity contribution in [2.45, 2.75) is 168 Å². The molecule has 0 bridgehead atoms. The van der Waals surface area contributed by atoms with Crippen LogP contribution < -0.4 is 31.1 Å². The number of rotatable bonds is 4. The molecule has 0 spiro atoms. The van der Waals surface area contributed by atoms with Crippen LogP contribution in [0.3, 0.4) is 0 Å². The number of benzene rings is 9. The predicted octanol–water partition coefficient (Wildman–Crippen LogP) is 19.4. The third kappa shape index (κ3) is 7.12. The van der Waals surface area contributed by atoms with Crippen molar-refractivity contribution in [3.8, 4) is 22.3 Å². The Balaban J connectivity index is 1.06. The molecule has 3 nitrogen and oxygen atoms in total. The lowest BCUT2D eigenvalue weighted by Crippen LogP contribution is -2.62. The van der Waals surface area contributed by atoms with Crippen molar-refractivity contribution in [2.75, 3.05) is 14.7 Å². The third-order valence-electron chi connectivity index (χ3n) is 22.2. The Hall–Kier alpha value is -7.56. The van der Waals surface area contributed by atoms with Crippen molar-refractivity contribution in [2.24, 2.45) is 0 Å². The van der Waals surface area contributed by atoms with Crippen LogP contribution in [0.25, 0.3) is 22.3 Å². The van der Waals surface area contributed by atoms with Gasteiger partial charge in [-0.3, -0.25) is 0 Å². The van der Waals surface area contributed by atoms with Crippen LogP contribution in [0.4, 0.5) is 45.5 Å². The summed E-state index contributed by atoms with van der Waals surface area (Å²) in [5.74, 6) is 0. The summed E-state index contributed by atoms with van der Waals surface area (Å²) in [5.41, 5.74) is 32.4. The second-order valence-electron chi connectivity index (χ2n) is 30.2. The Morgan fingerprint density at radius 3 is 1.64 bits per heavy atom. The monoisotopic (exact) mass is 1100 g/mol. The molecule has 2 atom stereocenters. The molecule has 9 aromatic rings. The summed E-state index contributed by atoms with van der Waals surface area (Å²) < 4.78 is 0. The van der Waals surface area contributed by atoms with Gasteiger partial charge >= 0.3 is 0 Å². The van der Waals surface area contributed by atoms with Crippen LogP contribution in [0.1, 0.15) is 178 Å². The lowest BCUT2D eigenvalue weighted by molar-refractivity contribution is 0.195. The van der Waals surface area contributed by atoms with Gasteiger partial charge in [0.05, 0.1) is 16.9 Å². The van der Waals surface area contributed by atoms with E-state index in [4.69, 9.17) is 0 Å². The van der Waals surface area contributed by atoms with E-state index in [1.807, 2.05) is 0 Å². The van der Waals surface area contributed by atoms with Crippen molar-refractivity contribution in [1.82, 2.24) is 0 Å². The zero-order chi connectivity index (χ0) is 58.6. The highest BCUT2D eigenvalue weighted by molar-refractivity contribution is 7.00. The Labute approximate surface area is 501 Å². The molecule has 9 aromatic carbocycles. The predicted molar refractivity (Wildman–Crippen MR) is 359 cm³/mol. The number of hydrogen-bond donors (Lipinski definition) is 0. The van der Waals surface area contributed by atoms with Gasteiger partial charge in [-0.25, -0.2) is 0 Å². The largest absolute Gasteiger partial charge is 0.334 e. The van der Waals surface area contributed by atoms with Gasteiger partial charge in [0.2, 0.25) is 0 Å². The van der Waals surface area contributed by atoms with E-state index in [0.717, 1.165) is 6.42 Å². The molecule has 3 aliphatic heterocycles. The van der Waals surface area contributed by atoms with E-state index in [2.05, 4.69) is 294 Å². The highest BCUT2D eigenvalue weighted by Crippen LogP contribution is 2.63. The second-order valence-corrected chi connectivity index (χ2v) is 30.2. The molecule has 84 heavy (non-hydrogen) atoms. The molecule has 0 amide bonds. The van der Waals surface area contributed by atoms with E-state index in [1.165, 1.54) is 159 Å². The molecule has 15 rings (SSSR count). The van der Waals surface area contributed by atoms with E-state index >= 15 is 0 Å². The van der Waals surface area contributed by atoms with Crippen molar-refractivity contribution < 1.29 is 0 Å². The fourth-order valence-electron chi connectivity index (χ4n) is 17.4. The maximum Gasteiger partial charge on any atom is 0.252 e. The average molecular weight is 1100 g/mol. The zero-order valence-electron chi connectivity index (χ0n) is 52.5. The van der Waals surface area contributed by atoms with E-state index in [0.29, 0.717) is 0 Å². The molecule has 0 aromatic heterocycles. The minimum absolute atomic E-state index is 0.0140. The fraction of sp³-hybridized carbons (Fsp3) is 0.325. The molecule has 1 saturated carbocycles. The van der Waals surface area contributed by atoms with Gasteiger partial charge in [0.25, 0.3) is 6.71 Å². The Morgan fingerprint density at radius 2 is 0.964 bits per heavy atom. The van der Waals surface area contributed by atoms with Gasteiger partial charge in [0.15, 0.2) is 0 Å². The van der Waals surface area contributed by atoms with Crippen LogP contribution >= 0.6 is 0 Å². The van der Waals surface area contributed by atoms with Crippen LogP contribution in [0.5, 0.6) is 0 Å². The van der Waals surface area contributed by atoms with Gasteiger partial charge in [0.1, 0.15) is 0 Å². The number of nitrogens with zero attached hydrogens (tertiary/aromatic N) is 3. The summed E-state index contributed by atoms with van der Waals surface area (Å²) in [4.78, 5) is 8.28. The van der Waals surface area contributed by atoms with Gasteiger partial charge < -0.3 is 14.7 Å². The van der Waals surface area contributed by atoms with Crippen LogP contribution in [-0.4, -0.2) is 12.3 Å². The normalized spacial score (nSPS) is 20.7. The van der Waals surface area contributed by atoms with E-state index in [-0.39, 0.29) is 44.7 Å². The lowest BCUT2D eigenvalue weighted by Gasteiger charge is -2.51. The van der Waals surface area contributed by atoms with E-state index < -0.39 is 0 Å². The zero-order valence-corrected chi connectivity index (χ0v) is 52.5. The van der Waals surface area contributed by atoms with Crippen molar-refractivity contribution in [1.29, 1.82) is 0 Å². The number of fused-ring (bicyclic) bond motifs is 12. The van der Waals surface area contributed by atoms with Gasteiger partial charge in [-0.05, 0) is 181 Å². The summed E-state index contributed by atoms with van der Waals surface area (Å²) in [6.07, 6.45) is 4.80. The Kier molecular flexibility index (Phi) is 11.1. The summed E-state index contributed by atoms with van der Waals surface area (Å²) in [5, 5.41) is 0. The van der Waals surface area contributed by atoms with E-state index in [9.17, 15) is 0 Å². The first-order valence-electron chi connectivity index (χ1n) is 31.4. The molecule has 3 heterocycles. The third-order valence-corrected chi connectivity index (χ3v) is 22.2. The molecule has 2 unspecified atom stereocenters. The SMILES string of the molecule is Cc1cc2c3c(c1)N(c1cccc4c1C(C)(C)c1ccccc1-4)c1cc(N4c5ccc(C(C)(C)C)cc5C5(C)CCCCC45C)ccc1B3c1cc3c(cc1N2c1ccc(C(C)(C)C)cc1-c1ccccc1)C(C)(C)c1ccccc1C3(C)C. The van der Waals surface area contributed by atoms with Crippen LogP contribution in [0.15, 0.2) is 176 Å². The molecule has 0 N–H and O–H groups in total. The number of anilines is 8. The average Bonchev–Trinajstić information content (AvgIpc) is 1.53. The molecular formula is C80H82BN3. The number of hydrogen-bond acceptors (Lipinski definition) is 3. The molecule has 6 aliphatic rings. The van der Waals surface area contributed by atoms with Crippen LogP contribution in [0.2, 0.25) is 0 Å². The summed E-state index contributed by atoms with van der Waals surface area (Å²) in [7, 11) is 0. The number of aryl methyl sites for hydroxylation is 1. The first-order chi connectivity index (χ1) is 39.9. The Morgan fingerprint density at radius 1 is 0.393 bits per heavy atom. The van der Waals surface area contributed by atoms with Crippen LogP contribution in [0, 0.1) is 6.92 Å². The quantitative estimate of drug-likeness (QED) is 0.163. The summed E-state index contributed by atoms with van der Waals surface area (Å²) in [6, 6.07) is 69.9. The van der Waals surface area contributed by atoms with Crippen molar-refractivity contribution >= 4 is 68.6 Å². The van der Waals surface area contributed by atoms with Crippen LogP contribution in [-0.2, 0) is 32.5 Å². The maximum absolute atomic E-state index is 2.82. The topological polar surface area (TPSA) is 9.72 Å².